The molecule has 4 nitrogen and oxygen atoms in total. The zero-order valence-corrected chi connectivity index (χ0v) is 12.0. The molecule has 0 saturated heterocycles. The molecule has 0 fully saturated rings. The van der Waals surface area contributed by atoms with Gasteiger partial charge in [0.25, 0.3) is 0 Å². The number of aliphatic hydroxyl groups is 1. The van der Waals surface area contributed by atoms with Gasteiger partial charge < -0.3 is 14.6 Å². The topological polar surface area (TPSA) is 55.8 Å². The van der Waals surface area contributed by atoms with Crippen LogP contribution in [0.5, 0.6) is 0 Å². The summed E-state index contributed by atoms with van der Waals surface area (Å²) in [5, 5.41) is 9.96. The van der Waals surface area contributed by atoms with Crippen LogP contribution in [0.25, 0.3) is 0 Å². The van der Waals surface area contributed by atoms with Gasteiger partial charge in [0.1, 0.15) is 6.79 Å². The lowest BCUT2D eigenvalue weighted by molar-refractivity contribution is -0.130. The normalized spacial score (nSPS) is 33.5. The van der Waals surface area contributed by atoms with Crippen LogP contribution in [-0.4, -0.2) is 30.9 Å². The molecule has 4 heteroatoms. The highest BCUT2D eigenvalue weighted by Crippen LogP contribution is 2.52. The zero-order chi connectivity index (χ0) is 14.3. The molecule has 0 amide bonds. The van der Waals surface area contributed by atoms with Crippen molar-refractivity contribution in [1.82, 2.24) is 0 Å². The highest BCUT2D eigenvalue weighted by molar-refractivity contribution is 6.01. The van der Waals surface area contributed by atoms with Crippen LogP contribution in [-0.2, 0) is 14.3 Å². The Morgan fingerprint density at radius 3 is 2.74 bits per heavy atom. The Hall–Kier alpha value is -1.13. The van der Waals surface area contributed by atoms with E-state index in [4.69, 9.17) is 9.47 Å². The summed E-state index contributed by atoms with van der Waals surface area (Å²) in [6, 6.07) is 0. The fourth-order valence-electron chi connectivity index (χ4n) is 3.37. The first-order valence-electron chi connectivity index (χ1n) is 6.62. The second-order valence-electron chi connectivity index (χ2n) is 6.02. The summed E-state index contributed by atoms with van der Waals surface area (Å²) in [5.74, 6) is -0.374. The molecule has 0 aromatic rings. The predicted octanol–water partition coefficient (Wildman–Crippen LogP) is 2.75. The molecule has 0 aromatic heterocycles. The van der Waals surface area contributed by atoms with Gasteiger partial charge in [0.05, 0.1) is 11.5 Å². The highest BCUT2D eigenvalue weighted by atomic mass is 16.7. The van der Waals surface area contributed by atoms with Crippen molar-refractivity contribution in [2.24, 2.45) is 10.8 Å². The van der Waals surface area contributed by atoms with Gasteiger partial charge in [-0.2, -0.15) is 0 Å². The van der Waals surface area contributed by atoms with E-state index < -0.39 is 10.8 Å². The van der Waals surface area contributed by atoms with E-state index in [1.807, 2.05) is 20.8 Å². The molecule has 2 rings (SSSR count). The van der Waals surface area contributed by atoms with Gasteiger partial charge in [0, 0.05) is 12.5 Å². The van der Waals surface area contributed by atoms with Gasteiger partial charge in [-0.15, -0.1) is 0 Å². The summed E-state index contributed by atoms with van der Waals surface area (Å²) in [7, 11) is 1.59. The summed E-state index contributed by atoms with van der Waals surface area (Å²) < 4.78 is 10.7. The summed E-state index contributed by atoms with van der Waals surface area (Å²) in [6.45, 7) is 5.96. The number of carbonyl (C=O) groups is 1. The third-order valence-electron chi connectivity index (χ3n) is 4.32. The molecule has 0 aromatic carbocycles. The van der Waals surface area contributed by atoms with E-state index >= 15 is 0 Å². The monoisotopic (exact) mass is 266 g/mol. The average molecular weight is 266 g/mol. The Bertz CT molecular complexity index is 447. The predicted molar refractivity (Wildman–Crippen MR) is 71.7 cm³/mol. The minimum Gasteiger partial charge on any atom is -0.505 e. The maximum Gasteiger partial charge on any atom is 0.206 e. The lowest BCUT2D eigenvalue weighted by Crippen LogP contribution is -2.48. The summed E-state index contributed by atoms with van der Waals surface area (Å²) in [4.78, 5) is 12.1. The number of aliphatic hydroxyl groups excluding tert-OH is 1. The van der Waals surface area contributed by atoms with E-state index in [1.165, 1.54) is 0 Å². The van der Waals surface area contributed by atoms with Crippen LogP contribution in [0.15, 0.2) is 23.5 Å². The number of methoxy groups -OCH3 is 1. The number of ketones is 1. The molecular weight excluding hydrogens is 244 g/mol. The first-order valence-corrected chi connectivity index (χ1v) is 6.62. The molecule has 19 heavy (non-hydrogen) atoms. The van der Waals surface area contributed by atoms with Gasteiger partial charge in [0.15, 0.2) is 5.76 Å². The third kappa shape index (κ3) is 2.13. The largest absolute Gasteiger partial charge is 0.505 e. The average Bonchev–Trinajstić information content (AvgIpc) is 2.34. The smallest absolute Gasteiger partial charge is 0.206 e. The molecular formula is C15H22O4. The first-order chi connectivity index (χ1) is 8.84. The lowest BCUT2D eigenvalue weighted by atomic mass is 9.58. The van der Waals surface area contributed by atoms with E-state index in [2.05, 4.69) is 6.08 Å². The first kappa shape index (κ1) is 14.3. The second-order valence-corrected chi connectivity index (χ2v) is 6.02. The van der Waals surface area contributed by atoms with Crippen molar-refractivity contribution in [3.63, 3.8) is 0 Å². The van der Waals surface area contributed by atoms with Gasteiger partial charge in [-0.25, -0.2) is 0 Å². The van der Waals surface area contributed by atoms with Gasteiger partial charge in [-0.05, 0) is 45.3 Å². The Morgan fingerprint density at radius 1 is 1.42 bits per heavy atom. The molecule has 2 atom stereocenters. The van der Waals surface area contributed by atoms with Crippen molar-refractivity contribution in [2.75, 3.05) is 13.9 Å². The van der Waals surface area contributed by atoms with Crippen molar-refractivity contribution in [2.45, 2.75) is 39.7 Å². The number of carbonyl (C=O) groups excluding carboxylic acids is 1. The van der Waals surface area contributed by atoms with Crippen LogP contribution in [0.4, 0.5) is 0 Å². The van der Waals surface area contributed by atoms with Crippen LogP contribution in [0.3, 0.4) is 0 Å². The second kappa shape index (κ2) is 4.76. The van der Waals surface area contributed by atoms with E-state index in [9.17, 15) is 9.90 Å². The molecule has 2 aliphatic carbocycles. The molecule has 0 spiro atoms. The Labute approximate surface area is 114 Å². The molecule has 0 radical (unpaired) electrons. The van der Waals surface area contributed by atoms with Gasteiger partial charge in [0.2, 0.25) is 5.78 Å². The highest BCUT2D eigenvalue weighted by Gasteiger charge is 2.52. The minimum absolute atomic E-state index is 0.0815. The van der Waals surface area contributed by atoms with Crippen LogP contribution >= 0.6 is 0 Å². The standard InChI is InChI=1S/C15H22O4/c1-14(2)11-6-5-7-12(19-9-18-4)15(11,3)8-10(16)13(14)17/h6,8,12,16H,5,7,9H2,1-4H3/t12-,15-/m0/s1. The van der Waals surface area contributed by atoms with Crippen molar-refractivity contribution in [1.29, 1.82) is 0 Å². The van der Waals surface area contributed by atoms with Crippen LogP contribution in [0.2, 0.25) is 0 Å². The Morgan fingerprint density at radius 2 is 2.11 bits per heavy atom. The van der Waals surface area contributed by atoms with Crippen LogP contribution < -0.4 is 0 Å². The number of rotatable bonds is 3. The molecule has 106 valence electrons. The van der Waals surface area contributed by atoms with E-state index in [0.717, 1.165) is 18.4 Å². The van der Waals surface area contributed by atoms with Crippen LogP contribution in [0.1, 0.15) is 33.6 Å². The number of hydrogen-bond acceptors (Lipinski definition) is 4. The molecule has 1 N–H and O–H groups in total. The van der Waals surface area contributed by atoms with Gasteiger partial charge in [-0.3, -0.25) is 4.79 Å². The maximum absolute atomic E-state index is 12.1. The quantitative estimate of drug-likeness (QED) is 0.630. The number of allylic oxidation sites excluding steroid dienone is 2. The van der Waals surface area contributed by atoms with E-state index in [-0.39, 0.29) is 24.4 Å². The molecule has 0 aliphatic heterocycles. The molecule has 0 saturated carbocycles. The van der Waals surface area contributed by atoms with Crippen molar-refractivity contribution >= 4 is 5.78 Å². The van der Waals surface area contributed by atoms with Crippen LogP contribution in [0, 0.1) is 10.8 Å². The van der Waals surface area contributed by atoms with Crippen molar-refractivity contribution < 1.29 is 19.4 Å². The zero-order valence-electron chi connectivity index (χ0n) is 12.0. The van der Waals surface area contributed by atoms with Gasteiger partial charge in [-0.1, -0.05) is 6.08 Å². The molecule has 0 unspecified atom stereocenters. The molecule has 0 heterocycles. The SMILES string of the molecule is COCO[C@H]1CCC=C2C(C)(C)C(=O)C(O)=C[C@@]21C. The van der Waals surface area contributed by atoms with Gasteiger partial charge >= 0.3 is 0 Å². The van der Waals surface area contributed by atoms with E-state index in [1.54, 1.807) is 13.2 Å². The fourth-order valence-corrected chi connectivity index (χ4v) is 3.37. The number of fused-ring (bicyclic) bond motifs is 1. The van der Waals surface area contributed by atoms with E-state index in [0.29, 0.717) is 0 Å². The Balaban J connectivity index is 2.45. The lowest BCUT2D eigenvalue weighted by Gasteiger charge is -2.48. The minimum atomic E-state index is -0.678. The molecule has 0 bridgehead atoms. The van der Waals surface area contributed by atoms with Crippen molar-refractivity contribution in [3.05, 3.63) is 23.5 Å². The number of hydrogen-bond donors (Lipinski definition) is 1. The molecule has 2 aliphatic rings. The van der Waals surface area contributed by atoms with Crippen molar-refractivity contribution in [3.8, 4) is 0 Å². The summed E-state index contributed by atoms with van der Waals surface area (Å²) in [5.41, 5.74) is -0.0869. The number of ether oxygens (including phenoxy) is 2. The Kier molecular flexibility index (Phi) is 3.58. The summed E-state index contributed by atoms with van der Waals surface area (Å²) in [6.07, 6.45) is 5.42. The summed E-state index contributed by atoms with van der Waals surface area (Å²) >= 11 is 0. The third-order valence-corrected chi connectivity index (χ3v) is 4.32. The number of Topliss-reactive ketones (excluding diaryl/α,β-unsaturated/α-hetero) is 1. The fraction of sp³-hybridized carbons (Fsp3) is 0.667. The maximum atomic E-state index is 12.1.